The van der Waals surface area contributed by atoms with Crippen LogP contribution in [-0.2, 0) is 38.9 Å². The van der Waals surface area contributed by atoms with Gasteiger partial charge in [0.1, 0.15) is 11.0 Å². The molecule has 1 aliphatic rings. The Kier molecular flexibility index (Phi) is 7.02. The molecule has 5 rings (SSSR count). The first-order valence-corrected chi connectivity index (χ1v) is 13.8. The average molecular weight is 539 g/mol. The van der Waals surface area contributed by atoms with Crippen LogP contribution in [0, 0.1) is 0 Å². The van der Waals surface area contributed by atoms with Gasteiger partial charge in [-0.1, -0.05) is 35.9 Å². The molecule has 1 aromatic heterocycles. The molecule has 1 N–H and O–H groups in total. The molecule has 192 valence electrons. The monoisotopic (exact) mass is 538 g/mol. The highest BCUT2D eigenvalue weighted by molar-refractivity contribution is 7.89. The van der Waals surface area contributed by atoms with Gasteiger partial charge in [-0.05, 0) is 77.4 Å². The first-order valence-electron chi connectivity index (χ1n) is 12.0. The number of aromatic amines is 1. The highest BCUT2D eigenvalue weighted by Crippen LogP contribution is 2.33. The molecule has 1 atom stereocenters. The molecular formula is C27H27ClN4O4S. The third-order valence-electron chi connectivity index (χ3n) is 6.98. The van der Waals surface area contributed by atoms with Gasteiger partial charge in [-0.2, -0.15) is 19.7 Å². The Morgan fingerprint density at radius 1 is 1.03 bits per heavy atom. The van der Waals surface area contributed by atoms with E-state index in [4.69, 9.17) is 16.3 Å². The maximum Gasteiger partial charge on any atom is 0.306 e. The van der Waals surface area contributed by atoms with Crippen LogP contribution in [0.3, 0.4) is 0 Å². The first-order chi connectivity index (χ1) is 17.8. The van der Waals surface area contributed by atoms with Gasteiger partial charge >= 0.3 is 5.97 Å². The minimum Gasteiger partial charge on any atom is -0.469 e. The molecule has 37 heavy (non-hydrogen) atoms. The van der Waals surface area contributed by atoms with E-state index in [-0.39, 0.29) is 29.7 Å². The van der Waals surface area contributed by atoms with Crippen molar-refractivity contribution in [1.29, 1.82) is 0 Å². The SMILES string of the molecule is COC(=O)CC(c1ccc(Cl)c(CN(C)S(=O)(=O)c2ccc3c(c2)CCC3)c1)c1ccc2n[nH]nc2c1. The van der Waals surface area contributed by atoms with Gasteiger partial charge in [-0.3, -0.25) is 4.79 Å². The average Bonchev–Trinajstić information content (AvgIpc) is 3.56. The third kappa shape index (κ3) is 5.12. The zero-order chi connectivity index (χ0) is 26.2. The number of esters is 1. The van der Waals surface area contributed by atoms with Crippen LogP contribution in [-0.4, -0.2) is 48.3 Å². The number of halogens is 1. The van der Waals surface area contributed by atoms with Crippen molar-refractivity contribution in [2.75, 3.05) is 14.2 Å². The molecule has 0 fully saturated rings. The molecule has 0 aliphatic heterocycles. The fourth-order valence-corrected chi connectivity index (χ4v) is 6.28. The fourth-order valence-electron chi connectivity index (χ4n) is 4.90. The molecule has 3 aromatic carbocycles. The summed E-state index contributed by atoms with van der Waals surface area (Å²) in [7, 11) is -0.815. The quantitative estimate of drug-likeness (QED) is 0.328. The molecule has 0 bridgehead atoms. The van der Waals surface area contributed by atoms with Gasteiger partial charge in [-0.15, -0.1) is 0 Å². The topological polar surface area (TPSA) is 105 Å². The number of H-pyrrole nitrogens is 1. The van der Waals surface area contributed by atoms with E-state index in [1.165, 1.54) is 17.0 Å². The number of carbonyl (C=O) groups is 1. The van der Waals surface area contributed by atoms with Crippen molar-refractivity contribution in [1.82, 2.24) is 19.7 Å². The normalized spacial score (nSPS) is 14.2. The smallest absolute Gasteiger partial charge is 0.306 e. The van der Waals surface area contributed by atoms with E-state index in [2.05, 4.69) is 15.4 Å². The second-order valence-electron chi connectivity index (χ2n) is 9.30. The van der Waals surface area contributed by atoms with Crippen LogP contribution < -0.4 is 0 Å². The second kappa shape index (κ2) is 10.2. The highest BCUT2D eigenvalue weighted by Gasteiger charge is 2.25. The minimum absolute atomic E-state index is 0.0827. The van der Waals surface area contributed by atoms with Crippen molar-refractivity contribution in [3.8, 4) is 0 Å². The predicted octanol–water partition coefficient (Wildman–Crippen LogP) is 4.62. The first kappa shape index (κ1) is 25.4. The van der Waals surface area contributed by atoms with Crippen molar-refractivity contribution in [3.05, 3.63) is 87.4 Å². The summed E-state index contributed by atoms with van der Waals surface area (Å²) in [6, 6.07) is 16.5. The number of aryl methyl sites for hydroxylation is 2. The van der Waals surface area contributed by atoms with E-state index in [1.54, 1.807) is 25.2 Å². The van der Waals surface area contributed by atoms with E-state index >= 15 is 0 Å². The molecule has 1 heterocycles. The minimum atomic E-state index is -3.72. The van der Waals surface area contributed by atoms with Crippen LogP contribution in [0.2, 0.25) is 5.02 Å². The number of benzene rings is 3. The number of rotatable bonds is 8. The molecule has 8 nitrogen and oxygen atoms in total. The third-order valence-corrected chi connectivity index (χ3v) is 9.15. The number of methoxy groups -OCH3 is 1. The van der Waals surface area contributed by atoms with Crippen LogP contribution in [0.15, 0.2) is 59.5 Å². The molecular weight excluding hydrogens is 512 g/mol. The van der Waals surface area contributed by atoms with Gasteiger partial charge in [0, 0.05) is 24.5 Å². The number of fused-ring (bicyclic) bond motifs is 2. The van der Waals surface area contributed by atoms with Crippen LogP contribution in [0.1, 0.15) is 46.6 Å². The number of nitrogens with one attached hydrogen (secondary N) is 1. The number of sulfonamides is 1. The van der Waals surface area contributed by atoms with Crippen molar-refractivity contribution in [3.63, 3.8) is 0 Å². The Morgan fingerprint density at radius 2 is 1.76 bits per heavy atom. The van der Waals surface area contributed by atoms with Crippen molar-refractivity contribution in [2.45, 2.75) is 43.0 Å². The largest absolute Gasteiger partial charge is 0.469 e. The Balaban J connectivity index is 1.46. The lowest BCUT2D eigenvalue weighted by atomic mass is 9.87. The number of ether oxygens (including phenoxy) is 1. The zero-order valence-corrected chi connectivity index (χ0v) is 22.1. The van der Waals surface area contributed by atoms with Crippen molar-refractivity contribution >= 4 is 38.6 Å². The summed E-state index contributed by atoms with van der Waals surface area (Å²) >= 11 is 6.52. The summed E-state index contributed by atoms with van der Waals surface area (Å²) < 4.78 is 33.0. The molecule has 0 spiro atoms. The van der Waals surface area contributed by atoms with Gasteiger partial charge < -0.3 is 4.74 Å². The molecule has 1 aliphatic carbocycles. The molecule has 0 saturated carbocycles. The number of carbonyl (C=O) groups excluding carboxylic acids is 1. The molecule has 0 radical (unpaired) electrons. The lowest BCUT2D eigenvalue weighted by molar-refractivity contribution is -0.140. The van der Waals surface area contributed by atoms with Crippen LogP contribution in [0.4, 0.5) is 0 Å². The Morgan fingerprint density at radius 3 is 2.57 bits per heavy atom. The van der Waals surface area contributed by atoms with Gasteiger partial charge in [0.2, 0.25) is 10.0 Å². The summed E-state index contributed by atoms with van der Waals surface area (Å²) in [6.45, 7) is 0.0827. The number of hydrogen-bond acceptors (Lipinski definition) is 6. The van der Waals surface area contributed by atoms with Crippen molar-refractivity contribution < 1.29 is 17.9 Å². The highest BCUT2D eigenvalue weighted by atomic mass is 35.5. The summed E-state index contributed by atoms with van der Waals surface area (Å²) in [6.07, 6.45) is 3.04. The molecule has 4 aromatic rings. The van der Waals surface area contributed by atoms with E-state index < -0.39 is 10.0 Å². The predicted molar refractivity (Wildman–Crippen MR) is 141 cm³/mol. The summed E-state index contributed by atoms with van der Waals surface area (Å²) in [5.74, 6) is -0.707. The van der Waals surface area contributed by atoms with Crippen LogP contribution >= 0.6 is 11.6 Å². The standard InChI is InChI=1S/C27H27ClN4O4S/c1-32(37(34,35)22-9-6-17-4-3-5-18(17)13-22)16-21-12-19(7-10-24(21)28)23(15-27(33)36-2)20-8-11-25-26(14-20)30-31-29-25/h6-14,23H,3-5,15-16H2,1-2H3,(H,29,30,31). The Labute approximate surface area is 220 Å². The molecule has 10 heteroatoms. The lowest BCUT2D eigenvalue weighted by Gasteiger charge is -2.21. The summed E-state index contributed by atoms with van der Waals surface area (Å²) in [5, 5.41) is 11.3. The second-order valence-corrected chi connectivity index (χ2v) is 11.8. The molecule has 0 amide bonds. The van der Waals surface area contributed by atoms with Gasteiger partial charge in [0.05, 0.1) is 18.4 Å². The maximum atomic E-state index is 13.4. The van der Waals surface area contributed by atoms with Gasteiger partial charge in [0.25, 0.3) is 0 Å². The Bertz CT molecular complexity index is 1580. The van der Waals surface area contributed by atoms with Gasteiger partial charge in [-0.25, -0.2) is 8.42 Å². The lowest BCUT2D eigenvalue weighted by Crippen LogP contribution is -2.27. The van der Waals surface area contributed by atoms with E-state index in [1.807, 2.05) is 36.4 Å². The van der Waals surface area contributed by atoms with Crippen LogP contribution in [0.25, 0.3) is 11.0 Å². The maximum absolute atomic E-state index is 13.4. The van der Waals surface area contributed by atoms with E-state index in [0.717, 1.165) is 41.5 Å². The fraction of sp³-hybridized carbons (Fsp3) is 0.296. The van der Waals surface area contributed by atoms with Crippen LogP contribution in [0.5, 0.6) is 0 Å². The molecule has 1 unspecified atom stereocenters. The number of nitrogens with zero attached hydrogens (tertiary/aromatic N) is 3. The molecule has 0 saturated heterocycles. The van der Waals surface area contributed by atoms with Crippen molar-refractivity contribution in [2.24, 2.45) is 0 Å². The summed E-state index contributed by atoms with van der Waals surface area (Å²) in [5.41, 5.74) is 6.04. The Hall–Kier alpha value is -3.27. The van der Waals surface area contributed by atoms with E-state index in [9.17, 15) is 13.2 Å². The van der Waals surface area contributed by atoms with Gasteiger partial charge in [0.15, 0.2) is 0 Å². The zero-order valence-electron chi connectivity index (χ0n) is 20.6. The number of hydrogen-bond donors (Lipinski definition) is 1. The summed E-state index contributed by atoms with van der Waals surface area (Å²) in [4.78, 5) is 12.6. The van der Waals surface area contributed by atoms with E-state index in [0.29, 0.717) is 16.1 Å². The number of aromatic nitrogens is 3.